The summed E-state index contributed by atoms with van der Waals surface area (Å²) in [5, 5.41) is 31.0. The number of terminal acetylenes is 1. The lowest BCUT2D eigenvalue weighted by Gasteiger charge is -2.28. The van der Waals surface area contributed by atoms with E-state index < -0.39 is 11.1 Å². The van der Waals surface area contributed by atoms with Gasteiger partial charge in [0, 0.05) is 129 Å². The van der Waals surface area contributed by atoms with Crippen molar-refractivity contribution in [2.45, 2.75) is 383 Å². The smallest absolute Gasteiger partial charge is 0.327 e. The van der Waals surface area contributed by atoms with Gasteiger partial charge in [-0.25, -0.2) is 28.9 Å². The minimum atomic E-state index is -0.405. The molecule has 31 heteroatoms. The molecule has 0 saturated carbocycles. The van der Waals surface area contributed by atoms with E-state index in [0.29, 0.717) is 23.5 Å². The van der Waals surface area contributed by atoms with Gasteiger partial charge in [0.15, 0.2) is 12.5 Å². The van der Waals surface area contributed by atoms with Crippen LogP contribution in [0.15, 0.2) is 80.3 Å². The molecule has 3 aromatic rings. The molecule has 1 aromatic carbocycles. The van der Waals surface area contributed by atoms with Crippen LogP contribution >= 0.6 is 0 Å². The molecule has 768 valence electrons. The number of carbonyl (C=O) groups is 9. The Morgan fingerprint density at radius 3 is 1.11 bits per heavy atom. The third-order valence-corrected chi connectivity index (χ3v) is 16.8. The summed E-state index contributed by atoms with van der Waals surface area (Å²) >= 11 is 0. The second-order valence-electron chi connectivity index (χ2n) is 47.8. The zero-order valence-electron chi connectivity index (χ0n) is 93.8. The Hall–Kier alpha value is -9.02. The molecule has 7 heterocycles. The van der Waals surface area contributed by atoms with Gasteiger partial charge in [-0.05, 0) is 202 Å². The summed E-state index contributed by atoms with van der Waals surface area (Å²) in [6.45, 7) is 97.1. The fraction of sp³-hybridized carbons (Fsp3) is 0.765. The summed E-state index contributed by atoms with van der Waals surface area (Å²) in [5.74, 6) is 4.58. The molecule has 0 bridgehead atoms. The lowest BCUT2D eigenvalue weighted by atomic mass is 9.87. The highest BCUT2D eigenvalue weighted by Gasteiger charge is 2.41. The van der Waals surface area contributed by atoms with Crippen LogP contribution in [-0.2, 0) is 69.0 Å². The normalized spacial score (nSPS) is 14.5. The second kappa shape index (κ2) is 60.5. The van der Waals surface area contributed by atoms with Crippen LogP contribution in [0.5, 0.6) is 0 Å². The van der Waals surface area contributed by atoms with Gasteiger partial charge in [0.2, 0.25) is 17.7 Å². The first-order valence-electron chi connectivity index (χ1n) is 45.7. The first kappa shape index (κ1) is 137. The van der Waals surface area contributed by atoms with E-state index in [2.05, 4.69) is 227 Å². The number of urea groups is 2. The number of aliphatic imine (C=N–C) groups is 3. The molecule has 0 aliphatic carbocycles. The van der Waals surface area contributed by atoms with E-state index in [-0.39, 0.29) is 127 Å². The van der Waals surface area contributed by atoms with Crippen LogP contribution in [0, 0.1) is 55.7 Å². The summed E-state index contributed by atoms with van der Waals surface area (Å²) in [6.07, 6.45) is 15.9. The van der Waals surface area contributed by atoms with Gasteiger partial charge < -0.3 is 44.7 Å². The highest BCUT2D eigenvalue weighted by Crippen LogP contribution is 2.25. The Kier molecular flexibility index (Phi) is 62.3. The van der Waals surface area contributed by atoms with Crippen molar-refractivity contribution >= 4 is 71.2 Å². The molecule has 0 radical (unpaired) electrons. The monoisotopic (exact) mass is 1880 g/mol. The fourth-order valence-electron chi connectivity index (χ4n) is 8.98. The van der Waals surface area contributed by atoms with Crippen LogP contribution in [-0.4, -0.2) is 238 Å². The molecular weight excluding hydrogens is 1690 g/mol. The predicted octanol–water partition coefficient (Wildman–Crippen LogP) is 20.4. The number of nitrogens with one attached hydrogen (secondary N) is 3. The molecule has 2 aromatic heterocycles. The maximum atomic E-state index is 11.6. The van der Waals surface area contributed by atoms with Gasteiger partial charge in [0.1, 0.15) is 18.2 Å². The minimum absolute atomic E-state index is 0.0255. The molecule has 5 aliphatic heterocycles. The first-order valence-corrected chi connectivity index (χ1v) is 45.7. The number of ether oxygens (including phenoxy) is 4. The van der Waals surface area contributed by atoms with E-state index >= 15 is 0 Å². The number of hydrogen-bond acceptors (Lipinski definition) is 22. The van der Waals surface area contributed by atoms with Crippen LogP contribution in [0.4, 0.5) is 9.59 Å². The first-order chi connectivity index (χ1) is 59.2. The van der Waals surface area contributed by atoms with Gasteiger partial charge in [-0.3, -0.25) is 48.4 Å². The van der Waals surface area contributed by atoms with Crippen molar-refractivity contribution in [3.63, 3.8) is 0 Å². The van der Waals surface area contributed by atoms with E-state index in [0.717, 1.165) is 50.9 Å². The molecule has 31 nitrogen and oxygen atoms in total. The number of amidine groups is 2. The molecule has 9 amide bonds. The second-order valence-corrected chi connectivity index (χ2v) is 47.8. The largest absolute Gasteiger partial charge is 0.469 e. The topological polar surface area (TPSA) is 363 Å². The van der Waals surface area contributed by atoms with Crippen molar-refractivity contribution in [3.05, 3.63) is 60.7 Å². The fourth-order valence-corrected chi connectivity index (χ4v) is 8.98. The molecule has 3 N–H and O–H groups in total. The number of hydrogen-bond donors (Lipinski definition) is 3. The molecule has 3 fully saturated rings. The number of esters is 1. The summed E-state index contributed by atoms with van der Waals surface area (Å²) in [5.41, 5.74) is 0.574. The zero-order valence-corrected chi connectivity index (χ0v) is 93.8. The Balaban J connectivity index is -0.000000257. The summed E-state index contributed by atoms with van der Waals surface area (Å²) in [6, 6.07) is 10.4. The standard InChI is InChI=1S/C10H19NO2.C10H14.C8H14N2O2.C7H12N2O2.C7H12N2.C7H15NO.3C6H11N3.C6H13NO.C6H12O2.C6H14O.C6H12O.C6H10.C5H12O/c1-10(2,3)9(12)11-8-4-6-13-7-5-8;1-10(2,3)9-7-5-4-6-8-9;1-8(2,3)10-6(11)5-9(4)7(10)12;1-7(2,3)9-5(10)4-8-6(9)11;1-7(2,3)6-8-4-5-9-6;1-7(2,3)6(9)8(4)5;1-6(2,3)5-7-4-8-9-5;2*1-6(2,3)9-5-4-7-8-9;1-5(8)7-6(2,3)4;1-6(2,3)5(7)8-4;1-6(2,3)5-7-4;1-5(7)6(2,3)4;1-5-6(2,3)4;1-5(2,3)6-4/h8H,4-7H2,1-3H3,(H,11,12);4-8H,1-3H3;5H2,1-4H3;4H2,1-3H3,(H,8,11);4H,5H2,1-3H3;1-5H3;4H2,1-3H3;2*4-5H,1-3H3;1-4H3,(H,7,8);1-4H3;5H2,1-4H3;1-4H3;1H,2-4H3;1-4H3. The van der Waals surface area contributed by atoms with Gasteiger partial charge in [0.25, 0.3) is 11.8 Å². The van der Waals surface area contributed by atoms with Gasteiger partial charge in [-0.1, -0.05) is 186 Å². The number of likely N-dealkylation sites (N-methyl/N-ethyl adjacent to an activating group) is 1. The van der Waals surface area contributed by atoms with Crippen molar-refractivity contribution in [1.82, 2.24) is 65.5 Å². The van der Waals surface area contributed by atoms with Gasteiger partial charge >= 0.3 is 18.0 Å². The Labute approximate surface area is 807 Å². The highest BCUT2D eigenvalue weighted by atomic mass is 16.5. The van der Waals surface area contributed by atoms with E-state index in [9.17, 15) is 43.2 Å². The maximum absolute atomic E-state index is 11.6. The zero-order chi connectivity index (χ0) is 107. The number of ketones is 1. The van der Waals surface area contributed by atoms with E-state index in [1.807, 2.05) is 215 Å². The molecule has 5 aliphatic rings. The average molecular weight is 1880 g/mol. The number of benzene rings is 1. The van der Waals surface area contributed by atoms with Gasteiger partial charge in [0.05, 0.1) is 61.3 Å². The molecular formula is C102H192N18O13. The van der Waals surface area contributed by atoms with Crippen LogP contribution in [0.25, 0.3) is 0 Å². The number of azo groups is 1. The highest BCUT2D eigenvalue weighted by molar-refractivity contribution is 6.03. The number of rotatable bonds is 2. The number of carbonyl (C=O) groups excluding carboxylic acids is 9. The minimum Gasteiger partial charge on any atom is -0.469 e. The Morgan fingerprint density at radius 2 is 0.970 bits per heavy atom. The summed E-state index contributed by atoms with van der Waals surface area (Å²) in [4.78, 5) is 117. The van der Waals surface area contributed by atoms with Crippen molar-refractivity contribution in [2.24, 2.45) is 68.5 Å². The van der Waals surface area contributed by atoms with Crippen LogP contribution in [0.2, 0.25) is 0 Å². The van der Waals surface area contributed by atoms with E-state index in [1.54, 1.807) is 59.6 Å². The molecule has 8 rings (SSSR count). The van der Waals surface area contributed by atoms with Gasteiger partial charge in [-0.2, -0.15) is 5.11 Å². The molecule has 0 atom stereocenters. The number of amides is 9. The maximum Gasteiger partial charge on any atom is 0.327 e. The number of nitrogens with zero attached hydrogens (tertiary/aromatic N) is 15. The molecule has 3 saturated heterocycles. The van der Waals surface area contributed by atoms with Crippen molar-refractivity contribution in [1.29, 1.82) is 0 Å². The van der Waals surface area contributed by atoms with Crippen LogP contribution in [0.3, 0.4) is 0 Å². The third kappa shape index (κ3) is 74.9. The Morgan fingerprint density at radius 1 is 0.556 bits per heavy atom. The van der Waals surface area contributed by atoms with Crippen LogP contribution in [0.1, 0.15) is 344 Å². The van der Waals surface area contributed by atoms with Crippen LogP contribution < -0.4 is 16.0 Å². The molecule has 0 unspecified atom stereocenters. The predicted molar refractivity (Wildman–Crippen MR) is 548 cm³/mol. The molecule has 0 spiro atoms. The lowest BCUT2D eigenvalue weighted by Crippen LogP contribution is -2.45. The summed E-state index contributed by atoms with van der Waals surface area (Å²) < 4.78 is 23.2. The lowest BCUT2D eigenvalue weighted by molar-refractivity contribution is -0.149. The van der Waals surface area contributed by atoms with Crippen molar-refractivity contribution in [3.8, 4) is 12.3 Å². The number of methoxy groups -OCH3 is 3. The third-order valence-electron chi connectivity index (χ3n) is 16.8. The van der Waals surface area contributed by atoms with Crippen molar-refractivity contribution < 1.29 is 62.1 Å². The number of Topliss-reactive ketones (excluding diaryl/α,β-unsaturated/α-hetero) is 1. The van der Waals surface area contributed by atoms with E-state index in [4.69, 9.17) is 20.6 Å². The van der Waals surface area contributed by atoms with Gasteiger partial charge in [-0.15, -0.1) is 27.7 Å². The Bertz CT molecular complexity index is 3870. The summed E-state index contributed by atoms with van der Waals surface area (Å²) in [7, 11) is 10.0. The number of imide groups is 2. The van der Waals surface area contributed by atoms with E-state index in [1.165, 1.54) is 34.3 Å². The number of aromatic nitrogens is 6. The quantitative estimate of drug-likeness (QED) is 0.122. The average Bonchev–Trinajstić information content (AvgIpc) is 1.66. The van der Waals surface area contributed by atoms with Crippen molar-refractivity contribution in [2.75, 3.05) is 88.6 Å². The SMILES string of the molecule is C#CC(C)(C)C.CC(=O)C(C)(C)C.CC(=O)NC(C)(C)C.CC(C)(C)C(=O)NC1CCOCC1.CC(C)(C)C1=NCC=N1.CC(C)(C)C1=NCN=N1.CC(C)(C)N1C(=O)CNC1=O.CC(C)(C)c1ccccc1.CC(C)(C)n1ccnn1.CC(C)(C)n1ccnn1.CN(C)C(=O)C(C)(C)C.CN1CC(=O)N(C(C)(C)C)C1=O.COC(=O)C(C)(C)C.COC(C)(C)C.COCC(C)(C)C. The molecule has 133 heavy (non-hydrogen) atoms.